The fourth-order valence-corrected chi connectivity index (χ4v) is 3.49. The van der Waals surface area contributed by atoms with Crippen molar-refractivity contribution >= 4 is 11.1 Å². The Labute approximate surface area is 150 Å². The number of fused-ring (bicyclic) bond motifs is 3. The molecule has 0 unspecified atom stereocenters. The lowest BCUT2D eigenvalue weighted by molar-refractivity contribution is 1.46. The predicted molar refractivity (Wildman–Crippen MR) is 111 cm³/mol. The third kappa shape index (κ3) is 2.77. The Balaban J connectivity index is 2.59. The summed E-state index contributed by atoms with van der Waals surface area (Å²) in [5.74, 6) is 0. The summed E-state index contributed by atoms with van der Waals surface area (Å²) in [5.41, 5.74) is 9.15. The van der Waals surface area contributed by atoms with E-state index in [2.05, 4.69) is 80.4 Å². The van der Waals surface area contributed by atoms with Gasteiger partial charge < -0.3 is 0 Å². The molecule has 0 heteroatoms. The maximum Gasteiger partial charge on any atom is -0.00990 e. The summed E-state index contributed by atoms with van der Waals surface area (Å²) in [6, 6.07) is 17.0. The third-order valence-electron chi connectivity index (χ3n) is 4.54. The molecule has 2 aromatic rings. The van der Waals surface area contributed by atoms with Gasteiger partial charge in [0.1, 0.15) is 0 Å². The van der Waals surface area contributed by atoms with Crippen molar-refractivity contribution in [2.45, 2.75) is 6.92 Å². The molecule has 0 saturated carbocycles. The molecule has 0 nitrogen and oxygen atoms in total. The summed E-state index contributed by atoms with van der Waals surface area (Å²) in [4.78, 5) is 0. The van der Waals surface area contributed by atoms with Crippen LogP contribution in [0.15, 0.2) is 110 Å². The minimum absolute atomic E-state index is 1.06. The molecule has 25 heavy (non-hydrogen) atoms. The Bertz CT molecular complexity index is 946. The molecule has 2 aromatic carbocycles. The summed E-state index contributed by atoms with van der Waals surface area (Å²) in [6.45, 7) is 14.2. The highest BCUT2D eigenvalue weighted by Crippen LogP contribution is 2.42. The van der Waals surface area contributed by atoms with Crippen molar-refractivity contribution in [2.75, 3.05) is 0 Å². The van der Waals surface area contributed by atoms with Crippen LogP contribution in [-0.4, -0.2) is 0 Å². The second-order valence-electron chi connectivity index (χ2n) is 5.86. The van der Waals surface area contributed by atoms with Crippen LogP contribution < -0.4 is 0 Å². The van der Waals surface area contributed by atoms with Gasteiger partial charge in [-0.1, -0.05) is 98.6 Å². The van der Waals surface area contributed by atoms with Crippen molar-refractivity contribution in [3.05, 3.63) is 121 Å². The Hall–Kier alpha value is -3.12. The molecule has 0 fully saturated rings. The van der Waals surface area contributed by atoms with E-state index < -0.39 is 0 Å². The first-order valence-corrected chi connectivity index (χ1v) is 8.44. The zero-order valence-electron chi connectivity index (χ0n) is 14.6. The van der Waals surface area contributed by atoms with Crippen molar-refractivity contribution in [3.8, 4) is 11.1 Å². The van der Waals surface area contributed by atoms with Gasteiger partial charge in [0.15, 0.2) is 0 Å². The van der Waals surface area contributed by atoms with E-state index in [-0.39, 0.29) is 0 Å². The Morgan fingerprint density at radius 2 is 0.960 bits per heavy atom. The summed E-state index contributed by atoms with van der Waals surface area (Å²) in [6.07, 6.45) is 9.95. The molecule has 0 aromatic heterocycles. The molecule has 0 heterocycles. The molecule has 0 radical (unpaired) electrons. The second kappa shape index (κ2) is 7.19. The molecule has 0 bridgehead atoms. The molecular formula is C25H22. The van der Waals surface area contributed by atoms with Gasteiger partial charge in [0, 0.05) is 0 Å². The van der Waals surface area contributed by atoms with E-state index >= 15 is 0 Å². The van der Waals surface area contributed by atoms with E-state index in [4.69, 9.17) is 0 Å². The molecule has 122 valence electrons. The van der Waals surface area contributed by atoms with Gasteiger partial charge in [0.2, 0.25) is 0 Å². The second-order valence-corrected chi connectivity index (χ2v) is 5.86. The third-order valence-corrected chi connectivity index (χ3v) is 4.54. The number of benzene rings is 2. The molecule has 1 aliphatic carbocycles. The van der Waals surface area contributed by atoms with E-state index in [9.17, 15) is 0 Å². The summed E-state index contributed by atoms with van der Waals surface area (Å²) in [7, 11) is 0. The van der Waals surface area contributed by atoms with E-state index in [1.165, 1.54) is 22.3 Å². The number of rotatable bonds is 4. The van der Waals surface area contributed by atoms with Gasteiger partial charge in [-0.2, -0.15) is 0 Å². The van der Waals surface area contributed by atoms with Gasteiger partial charge in [-0.15, -0.1) is 0 Å². The maximum atomic E-state index is 4.08. The molecule has 0 N–H and O–H groups in total. The first-order chi connectivity index (χ1) is 12.3. The van der Waals surface area contributed by atoms with Crippen molar-refractivity contribution in [3.63, 3.8) is 0 Å². The van der Waals surface area contributed by atoms with E-state index in [0.29, 0.717) is 0 Å². The highest BCUT2D eigenvalue weighted by Gasteiger charge is 2.20. The van der Waals surface area contributed by atoms with Gasteiger partial charge in [0.25, 0.3) is 0 Å². The summed E-state index contributed by atoms with van der Waals surface area (Å²) < 4.78 is 0. The first-order valence-electron chi connectivity index (χ1n) is 8.44. The lowest BCUT2D eigenvalue weighted by Gasteiger charge is -2.23. The van der Waals surface area contributed by atoms with E-state index in [1.54, 1.807) is 0 Å². The number of allylic oxidation sites excluding steroid dienone is 9. The Kier molecular flexibility index (Phi) is 4.81. The minimum Gasteiger partial charge on any atom is -0.0984 e. The van der Waals surface area contributed by atoms with Crippen molar-refractivity contribution in [2.24, 2.45) is 0 Å². The normalized spacial score (nSPS) is 13.8. The lowest BCUT2D eigenvalue weighted by atomic mass is 9.80. The highest BCUT2D eigenvalue weighted by atomic mass is 14.2. The average Bonchev–Trinajstić information content (AvgIpc) is 2.66. The number of hydrogen-bond donors (Lipinski definition) is 0. The maximum absolute atomic E-state index is 4.08. The standard InChI is InChI=1S/C25H22/c1-5-13-21-19(7-3)18(6-2)20(8-4)22-14-9-10-16-24(22)25-17-12-11-15-23(21)25/h5-17H,2-4H2,1H3/b13-5-,19-18?,20-18?,21-19?,22-20?,23-21?,25-24?. The predicted octanol–water partition coefficient (Wildman–Crippen LogP) is 7.01. The van der Waals surface area contributed by atoms with E-state index in [0.717, 1.165) is 22.3 Å². The van der Waals surface area contributed by atoms with Gasteiger partial charge in [0.05, 0.1) is 0 Å². The van der Waals surface area contributed by atoms with Crippen LogP contribution in [0.1, 0.15) is 18.1 Å². The topological polar surface area (TPSA) is 0 Å². The van der Waals surface area contributed by atoms with Gasteiger partial charge in [-0.25, -0.2) is 0 Å². The minimum atomic E-state index is 1.06. The van der Waals surface area contributed by atoms with Gasteiger partial charge >= 0.3 is 0 Å². The van der Waals surface area contributed by atoms with Crippen LogP contribution in [0.5, 0.6) is 0 Å². The summed E-state index contributed by atoms with van der Waals surface area (Å²) in [5, 5.41) is 0. The smallest absolute Gasteiger partial charge is 0.00990 e. The van der Waals surface area contributed by atoms with Crippen molar-refractivity contribution in [1.29, 1.82) is 0 Å². The highest BCUT2D eigenvalue weighted by molar-refractivity contribution is 6.00. The SMILES string of the molecule is C=CC1=C(C=C)c2ccccc2-c2ccccc2C(/C=C\C)=C1C=C. The Morgan fingerprint density at radius 3 is 1.40 bits per heavy atom. The van der Waals surface area contributed by atoms with Crippen LogP contribution in [0.25, 0.3) is 22.3 Å². The quantitative estimate of drug-likeness (QED) is 0.568. The molecule has 0 amide bonds. The van der Waals surface area contributed by atoms with Gasteiger partial charge in [-0.05, 0) is 51.5 Å². The van der Waals surface area contributed by atoms with Crippen molar-refractivity contribution in [1.82, 2.24) is 0 Å². The van der Waals surface area contributed by atoms with Crippen molar-refractivity contribution < 1.29 is 0 Å². The molecule has 0 aliphatic heterocycles. The lowest BCUT2D eigenvalue weighted by Crippen LogP contribution is -2.01. The Morgan fingerprint density at radius 1 is 0.560 bits per heavy atom. The number of hydrogen-bond acceptors (Lipinski definition) is 0. The van der Waals surface area contributed by atoms with Crippen LogP contribution in [0.4, 0.5) is 0 Å². The zero-order valence-corrected chi connectivity index (χ0v) is 14.6. The largest absolute Gasteiger partial charge is 0.0984 e. The fourth-order valence-electron chi connectivity index (χ4n) is 3.49. The molecule has 3 rings (SSSR count). The van der Waals surface area contributed by atoms with Crippen LogP contribution in [0.3, 0.4) is 0 Å². The molecule has 0 spiro atoms. The fraction of sp³-hybridized carbons (Fsp3) is 0.0400. The molecule has 0 saturated heterocycles. The van der Waals surface area contributed by atoms with Crippen LogP contribution >= 0.6 is 0 Å². The molecule has 0 atom stereocenters. The van der Waals surface area contributed by atoms with Crippen LogP contribution in [0.2, 0.25) is 0 Å². The molecule has 1 aliphatic rings. The summed E-state index contributed by atoms with van der Waals surface area (Å²) >= 11 is 0. The van der Waals surface area contributed by atoms with E-state index in [1.807, 2.05) is 25.2 Å². The van der Waals surface area contributed by atoms with Crippen LogP contribution in [-0.2, 0) is 0 Å². The average molecular weight is 322 g/mol. The zero-order chi connectivity index (χ0) is 17.8. The first kappa shape index (κ1) is 16.7. The molecular weight excluding hydrogens is 300 g/mol. The van der Waals surface area contributed by atoms with Crippen LogP contribution in [0, 0.1) is 0 Å². The monoisotopic (exact) mass is 322 g/mol. The van der Waals surface area contributed by atoms with Gasteiger partial charge in [-0.3, -0.25) is 0 Å².